The van der Waals surface area contributed by atoms with E-state index in [9.17, 15) is 14.7 Å². The molecule has 7 heteroatoms. The number of ether oxygens (including phenoxy) is 1. The molecule has 0 saturated heterocycles. The van der Waals surface area contributed by atoms with Crippen molar-refractivity contribution >= 4 is 11.9 Å². The zero-order valence-corrected chi connectivity index (χ0v) is 12.1. The second-order valence-electron chi connectivity index (χ2n) is 5.23. The van der Waals surface area contributed by atoms with Crippen molar-refractivity contribution in [2.24, 2.45) is 5.41 Å². The summed E-state index contributed by atoms with van der Waals surface area (Å²) >= 11 is 0. The van der Waals surface area contributed by atoms with Crippen molar-refractivity contribution in [3.63, 3.8) is 0 Å². The number of aliphatic hydroxyl groups is 2. The fourth-order valence-corrected chi connectivity index (χ4v) is 1.19. The third-order valence-corrected chi connectivity index (χ3v) is 1.76. The first kappa shape index (κ1) is 20.9. The molecule has 0 saturated carbocycles. The molecule has 4 N–H and O–H groups in total. The Morgan fingerprint density at radius 3 is 1.90 bits per heavy atom. The maximum atomic E-state index is 9.55. The quantitative estimate of drug-likeness (QED) is 0.398. The summed E-state index contributed by atoms with van der Waals surface area (Å²) in [4.78, 5) is 19.1. The van der Waals surface area contributed by atoms with E-state index in [0.29, 0.717) is 25.4 Å². The van der Waals surface area contributed by atoms with Crippen LogP contribution >= 0.6 is 0 Å². The van der Waals surface area contributed by atoms with E-state index in [2.05, 4.69) is 20.8 Å². The van der Waals surface area contributed by atoms with E-state index in [4.69, 9.17) is 20.1 Å². The Labute approximate surface area is 118 Å². The monoisotopic (exact) mass is 292 g/mol. The van der Waals surface area contributed by atoms with E-state index in [1.807, 2.05) is 0 Å². The molecule has 0 aromatic rings. The predicted molar refractivity (Wildman–Crippen MR) is 72.4 cm³/mol. The van der Waals surface area contributed by atoms with Crippen molar-refractivity contribution in [2.75, 3.05) is 19.8 Å². The van der Waals surface area contributed by atoms with Crippen LogP contribution in [0.2, 0.25) is 0 Å². The highest BCUT2D eigenvalue weighted by molar-refractivity contribution is 5.89. The van der Waals surface area contributed by atoms with Gasteiger partial charge in [-0.3, -0.25) is 0 Å². The van der Waals surface area contributed by atoms with E-state index in [1.54, 1.807) is 0 Å². The van der Waals surface area contributed by atoms with Crippen LogP contribution in [0.5, 0.6) is 0 Å². The summed E-state index contributed by atoms with van der Waals surface area (Å²) in [6.07, 6.45) is 1.42. The van der Waals surface area contributed by atoms with Crippen molar-refractivity contribution in [2.45, 2.75) is 33.3 Å². The smallest absolute Gasteiger partial charge is 0.328 e. The van der Waals surface area contributed by atoms with Crippen molar-refractivity contribution in [1.82, 2.24) is 0 Å². The van der Waals surface area contributed by atoms with Crippen molar-refractivity contribution in [1.29, 1.82) is 0 Å². The molecule has 0 radical (unpaired) electrons. The molecular formula is C13H24O7. The molecule has 1 unspecified atom stereocenters. The Balaban J connectivity index is 0. The van der Waals surface area contributed by atoms with Gasteiger partial charge in [-0.25, -0.2) is 9.59 Å². The summed E-state index contributed by atoms with van der Waals surface area (Å²) in [6.45, 7) is 6.86. The number of hydrogen-bond donors (Lipinski definition) is 4. The molecule has 0 bridgehead atoms. The summed E-state index contributed by atoms with van der Waals surface area (Å²) in [5.74, 6) is -2.51. The number of hydrogen-bond acceptors (Lipinski definition) is 5. The summed E-state index contributed by atoms with van der Waals surface area (Å²) < 4.78 is 4.99. The van der Waals surface area contributed by atoms with Gasteiger partial charge in [0.05, 0.1) is 25.9 Å². The van der Waals surface area contributed by atoms with Crippen LogP contribution in [0.25, 0.3) is 0 Å². The zero-order chi connectivity index (χ0) is 16.2. The van der Waals surface area contributed by atoms with Gasteiger partial charge in [-0.15, -0.1) is 0 Å². The molecule has 0 aliphatic rings. The normalized spacial score (nSPS) is 12.7. The molecule has 0 aliphatic carbocycles. The van der Waals surface area contributed by atoms with Gasteiger partial charge in [-0.2, -0.15) is 0 Å². The lowest BCUT2D eigenvalue weighted by Gasteiger charge is -2.21. The molecule has 0 aliphatic heterocycles. The highest BCUT2D eigenvalue weighted by Gasteiger charge is 2.16. The summed E-state index contributed by atoms with van der Waals surface area (Å²) in [6, 6.07) is 0. The lowest BCUT2D eigenvalue weighted by Crippen LogP contribution is -2.23. The average Bonchev–Trinajstić information content (AvgIpc) is 2.25. The molecule has 0 amide bonds. The Morgan fingerprint density at radius 1 is 1.15 bits per heavy atom. The van der Waals surface area contributed by atoms with Crippen LogP contribution < -0.4 is 0 Å². The number of aliphatic carboxylic acids is 2. The minimum atomic E-state index is -1.26. The van der Waals surface area contributed by atoms with E-state index >= 15 is 0 Å². The van der Waals surface area contributed by atoms with Crippen LogP contribution in [0.15, 0.2) is 12.2 Å². The minimum absolute atomic E-state index is 0.0161. The van der Waals surface area contributed by atoms with Crippen LogP contribution in [-0.2, 0) is 14.3 Å². The van der Waals surface area contributed by atoms with E-state index < -0.39 is 18.0 Å². The standard InChI is InChI=1S/C9H20O3.C4H4O4/c1-9(2,3)6-8(11)7-12-5-4-10;5-3(6)1-2-4(7)8/h8,10-11H,4-7H2,1-3H3;1-2H,(H,5,6)(H,7,8)/b;2-1-. The molecule has 0 spiro atoms. The van der Waals surface area contributed by atoms with E-state index in [-0.39, 0.29) is 12.0 Å². The first-order valence-electron chi connectivity index (χ1n) is 6.09. The largest absolute Gasteiger partial charge is 0.478 e. The molecule has 20 heavy (non-hydrogen) atoms. The van der Waals surface area contributed by atoms with Crippen molar-refractivity contribution in [3.05, 3.63) is 12.2 Å². The molecule has 0 fully saturated rings. The Kier molecular flexibility index (Phi) is 11.9. The Bertz CT molecular complexity index is 288. The topological polar surface area (TPSA) is 124 Å². The van der Waals surface area contributed by atoms with Crippen LogP contribution in [-0.4, -0.2) is 58.3 Å². The number of aliphatic hydroxyl groups excluding tert-OH is 2. The number of carbonyl (C=O) groups is 2. The van der Waals surface area contributed by atoms with Gasteiger partial charge in [-0.1, -0.05) is 20.8 Å². The molecule has 0 heterocycles. The third-order valence-electron chi connectivity index (χ3n) is 1.76. The number of carboxylic acids is 2. The SMILES string of the molecule is CC(C)(C)CC(O)COCCO.O=C(O)/C=C\C(=O)O. The van der Waals surface area contributed by atoms with Gasteiger partial charge in [-0.05, 0) is 11.8 Å². The van der Waals surface area contributed by atoms with Crippen molar-refractivity contribution < 1.29 is 34.8 Å². The van der Waals surface area contributed by atoms with Crippen LogP contribution in [0.4, 0.5) is 0 Å². The molecule has 7 nitrogen and oxygen atoms in total. The van der Waals surface area contributed by atoms with E-state index in [0.717, 1.165) is 6.42 Å². The Hall–Kier alpha value is -1.44. The van der Waals surface area contributed by atoms with Gasteiger partial charge in [0, 0.05) is 12.2 Å². The predicted octanol–water partition coefficient (Wildman–Crippen LogP) is 0.504. The first-order chi connectivity index (χ1) is 9.08. The lowest BCUT2D eigenvalue weighted by atomic mass is 9.89. The molecule has 0 aromatic heterocycles. The fourth-order valence-electron chi connectivity index (χ4n) is 1.19. The number of carboxylic acid groups (broad SMARTS) is 2. The van der Waals surface area contributed by atoms with Crippen LogP contribution in [0.3, 0.4) is 0 Å². The van der Waals surface area contributed by atoms with Crippen LogP contribution in [0.1, 0.15) is 27.2 Å². The molecule has 0 rings (SSSR count). The fraction of sp³-hybridized carbons (Fsp3) is 0.692. The molecule has 0 aromatic carbocycles. The number of rotatable bonds is 7. The average molecular weight is 292 g/mol. The summed E-state index contributed by atoms with van der Waals surface area (Å²) in [5, 5.41) is 33.4. The summed E-state index contributed by atoms with van der Waals surface area (Å²) in [7, 11) is 0. The summed E-state index contributed by atoms with van der Waals surface area (Å²) in [5.41, 5.74) is 0.127. The van der Waals surface area contributed by atoms with Gasteiger partial charge in [0.25, 0.3) is 0 Å². The highest BCUT2D eigenvalue weighted by Crippen LogP contribution is 2.20. The molecule has 1 atom stereocenters. The Morgan fingerprint density at radius 2 is 1.60 bits per heavy atom. The van der Waals surface area contributed by atoms with Gasteiger partial charge in [0.1, 0.15) is 0 Å². The third kappa shape index (κ3) is 21.8. The zero-order valence-electron chi connectivity index (χ0n) is 12.1. The molecule has 118 valence electrons. The maximum absolute atomic E-state index is 9.55. The van der Waals surface area contributed by atoms with Gasteiger partial charge >= 0.3 is 11.9 Å². The maximum Gasteiger partial charge on any atom is 0.328 e. The van der Waals surface area contributed by atoms with Gasteiger partial charge in [0.2, 0.25) is 0 Å². The molecular weight excluding hydrogens is 268 g/mol. The minimum Gasteiger partial charge on any atom is -0.478 e. The van der Waals surface area contributed by atoms with Crippen LogP contribution in [0, 0.1) is 5.41 Å². The van der Waals surface area contributed by atoms with Gasteiger partial charge in [0.15, 0.2) is 0 Å². The second-order valence-corrected chi connectivity index (χ2v) is 5.23. The van der Waals surface area contributed by atoms with Gasteiger partial charge < -0.3 is 25.2 Å². The first-order valence-corrected chi connectivity index (χ1v) is 6.09. The van der Waals surface area contributed by atoms with Crippen molar-refractivity contribution in [3.8, 4) is 0 Å². The van der Waals surface area contributed by atoms with E-state index in [1.165, 1.54) is 0 Å². The highest BCUT2D eigenvalue weighted by atomic mass is 16.5. The lowest BCUT2D eigenvalue weighted by molar-refractivity contribution is -0.134. The second kappa shape index (κ2) is 11.4.